The number of phenolic OH excluding ortho intramolecular Hbond substituents is 2. The van der Waals surface area contributed by atoms with Gasteiger partial charge in [-0.25, -0.2) is 4.79 Å². The lowest BCUT2D eigenvalue weighted by Gasteiger charge is -2.25. The van der Waals surface area contributed by atoms with E-state index in [0.29, 0.717) is 65.0 Å². The van der Waals surface area contributed by atoms with Gasteiger partial charge < -0.3 is 24.6 Å². The molecule has 1 aliphatic carbocycles. The Morgan fingerprint density at radius 1 is 1.15 bits per heavy atom. The van der Waals surface area contributed by atoms with Crippen molar-refractivity contribution < 1.29 is 24.5 Å². The summed E-state index contributed by atoms with van der Waals surface area (Å²) in [6, 6.07) is 5.10. The van der Waals surface area contributed by atoms with E-state index in [9.17, 15) is 15.0 Å². The molecule has 0 aromatic heterocycles. The van der Waals surface area contributed by atoms with Crippen LogP contribution in [-0.2, 0) is 4.74 Å². The lowest BCUT2D eigenvalue weighted by atomic mass is 10.1. The van der Waals surface area contributed by atoms with Crippen molar-refractivity contribution in [1.29, 1.82) is 0 Å². The molecule has 0 saturated heterocycles. The van der Waals surface area contributed by atoms with E-state index >= 15 is 0 Å². The smallest absolute Gasteiger partial charge is 0.343 e. The molecule has 178 valence electrons. The summed E-state index contributed by atoms with van der Waals surface area (Å²) in [5.74, 6) is 1.21. The molecule has 0 amide bonds. The van der Waals surface area contributed by atoms with Crippen molar-refractivity contribution in [1.82, 2.24) is 0 Å². The molecule has 1 fully saturated rings. The van der Waals surface area contributed by atoms with Crippen LogP contribution in [0.15, 0.2) is 18.2 Å². The average Bonchev–Trinajstić information content (AvgIpc) is 3.64. The SMILES string of the molecule is C=c1c(C)c(O)c(=COC(=O)c2ccc(N(CCCl)CCCl)c(OCC3CC3)c2)c(C)c1O. The Bertz CT molecular complexity index is 1090. The molecule has 2 aromatic rings. The van der Waals surface area contributed by atoms with Crippen molar-refractivity contribution in [3.63, 3.8) is 0 Å². The van der Waals surface area contributed by atoms with Crippen LogP contribution in [0.25, 0.3) is 12.8 Å². The summed E-state index contributed by atoms with van der Waals surface area (Å²) >= 11 is 11.9. The number of ether oxygens (including phenoxy) is 2. The van der Waals surface area contributed by atoms with Gasteiger partial charge in [0.1, 0.15) is 23.5 Å². The van der Waals surface area contributed by atoms with E-state index in [1.54, 1.807) is 32.0 Å². The van der Waals surface area contributed by atoms with Crippen LogP contribution >= 0.6 is 23.2 Å². The third kappa shape index (κ3) is 5.87. The molecule has 3 rings (SSSR count). The van der Waals surface area contributed by atoms with Gasteiger partial charge in [0.2, 0.25) is 0 Å². The van der Waals surface area contributed by atoms with Gasteiger partial charge in [-0.15, -0.1) is 23.2 Å². The lowest BCUT2D eigenvalue weighted by Crippen LogP contribution is -2.28. The number of carbonyl (C=O) groups excluding carboxylic acids is 1. The summed E-state index contributed by atoms with van der Waals surface area (Å²) in [6.45, 7) is 8.76. The van der Waals surface area contributed by atoms with Crippen molar-refractivity contribution in [3.8, 4) is 17.2 Å². The quantitative estimate of drug-likeness (QED) is 0.297. The zero-order valence-corrected chi connectivity index (χ0v) is 20.4. The molecular weight excluding hydrogens is 465 g/mol. The maximum absolute atomic E-state index is 12.8. The number of anilines is 1. The minimum atomic E-state index is -0.617. The third-order valence-corrected chi connectivity index (χ3v) is 6.15. The second-order valence-corrected chi connectivity index (χ2v) is 8.92. The molecule has 6 nitrogen and oxygen atoms in total. The highest BCUT2D eigenvalue weighted by molar-refractivity contribution is 6.18. The van der Waals surface area contributed by atoms with Gasteiger partial charge in [-0.3, -0.25) is 0 Å². The number of hydrogen-bond donors (Lipinski definition) is 2. The molecule has 0 atom stereocenters. The molecule has 8 heteroatoms. The molecule has 1 aliphatic rings. The van der Waals surface area contributed by atoms with E-state index in [1.807, 2.05) is 4.90 Å². The highest BCUT2D eigenvalue weighted by Gasteiger charge is 2.24. The number of nitrogens with zero attached hydrogens (tertiary/aromatic N) is 1. The molecule has 0 radical (unpaired) electrons. The van der Waals surface area contributed by atoms with Gasteiger partial charge in [0, 0.05) is 41.2 Å². The fourth-order valence-electron chi connectivity index (χ4n) is 3.45. The molecule has 33 heavy (non-hydrogen) atoms. The number of carbonyl (C=O) groups is 1. The van der Waals surface area contributed by atoms with Crippen molar-refractivity contribution in [2.45, 2.75) is 26.7 Å². The molecule has 0 unspecified atom stereocenters. The van der Waals surface area contributed by atoms with Gasteiger partial charge in [-0.1, -0.05) is 6.58 Å². The van der Waals surface area contributed by atoms with Crippen LogP contribution in [0.2, 0.25) is 0 Å². The van der Waals surface area contributed by atoms with Crippen LogP contribution in [-0.4, -0.2) is 47.6 Å². The Morgan fingerprint density at radius 2 is 1.82 bits per heavy atom. The minimum Gasteiger partial charge on any atom is -0.507 e. The summed E-state index contributed by atoms with van der Waals surface area (Å²) in [5.41, 5.74) is 1.90. The topological polar surface area (TPSA) is 79.2 Å². The summed E-state index contributed by atoms with van der Waals surface area (Å²) in [5, 5.41) is 21.2. The van der Waals surface area contributed by atoms with Gasteiger partial charge in [-0.2, -0.15) is 0 Å². The number of phenols is 2. The Balaban J connectivity index is 1.91. The van der Waals surface area contributed by atoms with Crippen LogP contribution in [0.1, 0.15) is 34.3 Å². The van der Waals surface area contributed by atoms with Gasteiger partial charge >= 0.3 is 5.97 Å². The van der Waals surface area contributed by atoms with Crippen LogP contribution in [0.3, 0.4) is 0 Å². The fraction of sp³-hybridized carbons (Fsp3) is 0.400. The molecule has 2 N–H and O–H groups in total. The van der Waals surface area contributed by atoms with Gasteiger partial charge in [0.05, 0.1) is 23.1 Å². The van der Waals surface area contributed by atoms with Crippen molar-refractivity contribution in [2.24, 2.45) is 5.92 Å². The van der Waals surface area contributed by atoms with Crippen LogP contribution in [0, 0.1) is 19.8 Å². The minimum absolute atomic E-state index is 0.0496. The first-order valence-corrected chi connectivity index (χ1v) is 11.9. The van der Waals surface area contributed by atoms with Gasteiger partial charge in [0.15, 0.2) is 0 Å². The van der Waals surface area contributed by atoms with Crippen LogP contribution < -0.4 is 20.1 Å². The van der Waals surface area contributed by atoms with E-state index in [-0.39, 0.29) is 16.7 Å². The van der Waals surface area contributed by atoms with Gasteiger partial charge in [-0.05, 0) is 50.8 Å². The van der Waals surface area contributed by atoms with Crippen LogP contribution in [0.4, 0.5) is 5.69 Å². The molecule has 0 bridgehead atoms. The summed E-state index contributed by atoms with van der Waals surface area (Å²) in [7, 11) is 0. The Kier molecular flexibility index (Phi) is 8.38. The van der Waals surface area contributed by atoms with Crippen molar-refractivity contribution >= 4 is 47.7 Å². The zero-order chi connectivity index (χ0) is 24.1. The lowest BCUT2D eigenvalue weighted by molar-refractivity contribution is 0.0705. The second-order valence-electron chi connectivity index (χ2n) is 8.16. The number of esters is 1. The summed E-state index contributed by atoms with van der Waals surface area (Å²) in [6.07, 6.45) is 3.42. The zero-order valence-electron chi connectivity index (χ0n) is 18.9. The Morgan fingerprint density at radius 3 is 2.42 bits per heavy atom. The first-order chi connectivity index (χ1) is 15.8. The molecule has 0 aliphatic heterocycles. The molecule has 2 aromatic carbocycles. The van der Waals surface area contributed by atoms with E-state index < -0.39 is 5.97 Å². The molecule has 0 heterocycles. The average molecular weight is 494 g/mol. The number of rotatable bonds is 10. The number of halogens is 2. The standard InChI is InChI=1S/C25H29Cl2NO5/c1-15-16(2)24(30)20(17(3)23(15)29)14-33-25(31)19-6-7-21(28(10-8-26)11-9-27)22(12-19)32-13-18-4-5-18/h6-7,12,14,18,29-30H,1,4-5,8-11,13H2,2-3H3. The highest BCUT2D eigenvalue weighted by atomic mass is 35.5. The number of hydrogen-bond acceptors (Lipinski definition) is 6. The number of alkyl halides is 2. The van der Waals surface area contributed by atoms with Crippen molar-refractivity contribution in [2.75, 3.05) is 36.4 Å². The normalized spacial score (nSPS) is 13.8. The Labute approximate surface area is 203 Å². The second kappa shape index (κ2) is 11.0. The number of benzene rings is 2. The molecule has 0 spiro atoms. The van der Waals surface area contributed by atoms with Crippen molar-refractivity contribution in [3.05, 3.63) is 45.3 Å². The van der Waals surface area contributed by atoms with E-state index in [0.717, 1.165) is 24.8 Å². The molecular formula is C25H29Cl2NO5. The third-order valence-electron chi connectivity index (χ3n) is 5.81. The fourth-order valence-corrected chi connectivity index (χ4v) is 3.85. The largest absolute Gasteiger partial charge is 0.507 e. The first kappa shape index (κ1) is 25.1. The monoisotopic (exact) mass is 493 g/mol. The highest BCUT2D eigenvalue weighted by Crippen LogP contribution is 2.34. The first-order valence-electron chi connectivity index (χ1n) is 10.8. The number of aromatic hydroxyl groups is 2. The summed E-state index contributed by atoms with van der Waals surface area (Å²) < 4.78 is 11.4. The molecule has 1 saturated carbocycles. The van der Waals surface area contributed by atoms with E-state index in [2.05, 4.69) is 6.58 Å². The van der Waals surface area contributed by atoms with E-state index in [4.69, 9.17) is 32.7 Å². The predicted molar refractivity (Wildman–Crippen MR) is 132 cm³/mol. The maximum atomic E-state index is 12.8. The Hall–Kier alpha value is -2.57. The summed E-state index contributed by atoms with van der Waals surface area (Å²) in [4.78, 5) is 14.8. The van der Waals surface area contributed by atoms with E-state index in [1.165, 1.54) is 0 Å². The predicted octanol–water partition coefficient (Wildman–Crippen LogP) is 3.79. The van der Waals surface area contributed by atoms with Gasteiger partial charge in [0.25, 0.3) is 0 Å². The maximum Gasteiger partial charge on any atom is 0.343 e. The van der Waals surface area contributed by atoms with Crippen LogP contribution in [0.5, 0.6) is 17.2 Å².